The number of aromatic nitrogens is 2. The Morgan fingerprint density at radius 1 is 1.41 bits per heavy atom. The lowest BCUT2D eigenvalue weighted by molar-refractivity contribution is -0.126. The number of primary amides is 1. The molecule has 0 aromatic carbocycles. The van der Waals surface area contributed by atoms with Gasteiger partial charge in [-0.05, 0) is 45.4 Å². The van der Waals surface area contributed by atoms with Crippen LogP contribution in [0.3, 0.4) is 0 Å². The quantitative estimate of drug-likeness (QED) is 0.796. The van der Waals surface area contributed by atoms with E-state index >= 15 is 0 Å². The number of anilines is 1. The van der Waals surface area contributed by atoms with Crippen LogP contribution in [0.4, 0.5) is 9.93 Å². The first-order valence-corrected chi connectivity index (χ1v) is 10.9. The van der Waals surface area contributed by atoms with Gasteiger partial charge in [-0.1, -0.05) is 11.3 Å². The molecule has 0 bridgehead atoms. The molecule has 2 aromatic rings. The van der Waals surface area contributed by atoms with E-state index in [1.165, 1.54) is 34.1 Å². The number of hydrogen-bond acceptors (Lipinski definition) is 6. The molecule has 1 saturated heterocycles. The van der Waals surface area contributed by atoms with Crippen LogP contribution >= 0.6 is 22.7 Å². The number of aryl methyl sites for hydroxylation is 1. The van der Waals surface area contributed by atoms with Crippen molar-refractivity contribution in [1.29, 1.82) is 0 Å². The summed E-state index contributed by atoms with van der Waals surface area (Å²) in [7, 11) is 0. The van der Waals surface area contributed by atoms with Gasteiger partial charge in [-0.25, -0.2) is 14.8 Å². The molecule has 0 unspecified atom stereocenters. The molecule has 3 amide bonds. The predicted octanol–water partition coefficient (Wildman–Crippen LogP) is 3.40. The Hall–Kier alpha value is -2.00. The lowest BCUT2D eigenvalue weighted by Crippen LogP contribution is -2.55. The van der Waals surface area contributed by atoms with Crippen LogP contribution in [-0.4, -0.2) is 38.9 Å². The minimum absolute atomic E-state index is 0.332. The van der Waals surface area contributed by atoms with Gasteiger partial charge in [-0.2, -0.15) is 0 Å². The van der Waals surface area contributed by atoms with E-state index in [4.69, 9.17) is 10.7 Å². The summed E-state index contributed by atoms with van der Waals surface area (Å²) in [5.74, 6) is 0.332. The van der Waals surface area contributed by atoms with Gasteiger partial charge in [-0.15, -0.1) is 11.3 Å². The summed E-state index contributed by atoms with van der Waals surface area (Å²) < 4.78 is 0. The third-order valence-electron chi connectivity index (χ3n) is 5.37. The maximum atomic E-state index is 12.7. The van der Waals surface area contributed by atoms with Crippen LogP contribution in [0.15, 0.2) is 5.38 Å². The second-order valence-corrected chi connectivity index (χ2v) is 9.47. The standard InChI is InChI=1S/C18H23N5O2S2/c1-10-14(12-9-26-13(21-12)8-11-4-5-11)27-16(20-10)22-17(25)23-7-3-6-18(23,2)15(19)24/h9,11H,3-8H2,1-2H3,(H2,19,24)(H,20,22,25)/t18-/m0/s1. The maximum absolute atomic E-state index is 12.7. The molecule has 0 radical (unpaired) electrons. The Bertz CT molecular complexity index is 888. The second kappa shape index (κ2) is 6.87. The summed E-state index contributed by atoms with van der Waals surface area (Å²) in [5, 5.41) is 6.58. The number of carbonyl (C=O) groups excluding carboxylic acids is 2. The van der Waals surface area contributed by atoms with Gasteiger partial charge in [0.25, 0.3) is 0 Å². The summed E-state index contributed by atoms with van der Waals surface area (Å²) >= 11 is 3.10. The van der Waals surface area contributed by atoms with E-state index in [1.54, 1.807) is 18.3 Å². The van der Waals surface area contributed by atoms with Gasteiger partial charge in [0.15, 0.2) is 5.13 Å². The van der Waals surface area contributed by atoms with Crippen molar-refractivity contribution in [3.05, 3.63) is 16.1 Å². The van der Waals surface area contributed by atoms with Crippen molar-refractivity contribution in [1.82, 2.24) is 14.9 Å². The van der Waals surface area contributed by atoms with Crippen LogP contribution in [0.1, 0.15) is 43.3 Å². The van der Waals surface area contributed by atoms with Gasteiger partial charge in [0.05, 0.1) is 21.3 Å². The molecule has 3 N–H and O–H groups in total. The third kappa shape index (κ3) is 3.58. The van der Waals surface area contributed by atoms with Crippen LogP contribution in [0.25, 0.3) is 10.6 Å². The number of amides is 3. The van der Waals surface area contributed by atoms with Crippen LogP contribution in [-0.2, 0) is 11.2 Å². The van der Waals surface area contributed by atoms with E-state index in [0.717, 1.165) is 35.0 Å². The number of nitrogens with two attached hydrogens (primary N) is 1. The normalized spacial score (nSPS) is 22.2. The molecular formula is C18H23N5O2S2. The first kappa shape index (κ1) is 18.4. The molecule has 1 atom stereocenters. The fraction of sp³-hybridized carbons (Fsp3) is 0.556. The van der Waals surface area contributed by atoms with Gasteiger partial charge >= 0.3 is 6.03 Å². The molecule has 2 fully saturated rings. The molecule has 2 aromatic heterocycles. The van der Waals surface area contributed by atoms with Crippen molar-refractivity contribution in [2.75, 3.05) is 11.9 Å². The molecule has 9 heteroatoms. The smallest absolute Gasteiger partial charge is 0.324 e. The monoisotopic (exact) mass is 405 g/mol. The zero-order valence-electron chi connectivity index (χ0n) is 15.4. The maximum Gasteiger partial charge on any atom is 0.324 e. The number of thiazole rings is 2. The summed E-state index contributed by atoms with van der Waals surface area (Å²) in [4.78, 5) is 36.2. The highest BCUT2D eigenvalue weighted by atomic mass is 32.1. The van der Waals surface area contributed by atoms with E-state index in [-0.39, 0.29) is 6.03 Å². The van der Waals surface area contributed by atoms with Crippen LogP contribution in [0.5, 0.6) is 0 Å². The molecule has 27 heavy (non-hydrogen) atoms. The van der Waals surface area contributed by atoms with Crippen LogP contribution in [0, 0.1) is 12.8 Å². The Morgan fingerprint density at radius 3 is 2.89 bits per heavy atom. The lowest BCUT2D eigenvalue weighted by Gasteiger charge is -2.31. The van der Waals surface area contributed by atoms with Crippen molar-refractivity contribution in [3.63, 3.8) is 0 Å². The van der Waals surface area contributed by atoms with Crippen molar-refractivity contribution in [3.8, 4) is 10.6 Å². The minimum Gasteiger partial charge on any atom is -0.368 e. The molecule has 1 aliphatic carbocycles. The van der Waals surface area contributed by atoms with E-state index in [2.05, 4.69) is 15.7 Å². The van der Waals surface area contributed by atoms with Gasteiger partial charge < -0.3 is 10.6 Å². The molecule has 1 aliphatic heterocycles. The summed E-state index contributed by atoms with van der Waals surface area (Å²) in [6.07, 6.45) is 5.03. The molecule has 4 rings (SSSR count). The van der Waals surface area contributed by atoms with Gasteiger partial charge in [0.2, 0.25) is 5.91 Å². The zero-order valence-corrected chi connectivity index (χ0v) is 17.1. The first-order valence-electron chi connectivity index (χ1n) is 9.17. The molecule has 0 spiro atoms. The number of hydrogen-bond donors (Lipinski definition) is 2. The topological polar surface area (TPSA) is 101 Å². The average Bonchev–Trinajstić information content (AvgIpc) is 3.00. The highest BCUT2D eigenvalue weighted by molar-refractivity contribution is 7.19. The number of carbonyl (C=O) groups is 2. The van der Waals surface area contributed by atoms with Crippen molar-refractivity contribution >= 4 is 39.7 Å². The minimum atomic E-state index is -0.939. The van der Waals surface area contributed by atoms with Crippen LogP contribution in [0.2, 0.25) is 0 Å². The molecule has 2 aliphatic rings. The highest BCUT2D eigenvalue weighted by Crippen LogP contribution is 2.37. The van der Waals surface area contributed by atoms with Crippen LogP contribution < -0.4 is 11.1 Å². The molecular weight excluding hydrogens is 382 g/mol. The number of nitrogens with one attached hydrogen (secondary N) is 1. The summed E-state index contributed by atoms with van der Waals surface area (Å²) in [6.45, 7) is 4.15. The third-order valence-corrected chi connectivity index (χ3v) is 7.34. The second-order valence-electron chi connectivity index (χ2n) is 7.53. The molecule has 7 nitrogen and oxygen atoms in total. The molecule has 144 valence electrons. The largest absolute Gasteiger partial charge is 0.368 e. The average molecular weight is 406 g/mol. The van der Waals surface area contributed by atoms with Crippen molar-refractivity contribution < 1.29 is 9.59 Å². The zero-order chi connectivity index (χ0) is 19.2. The Balaban J connectivity index is 1.49. The van der Waals surface area contributed by atoms with E-state index in [1.807, 2.05) is 6.92 Å². The Kier molecular flexibility index (Phi) is 4.67. The van der Waals surface area contributed by atoms with Gasteiger partial charge in [0, 0.05) is 18.3 Å². The highest BCUT2D eigenvalue weighted by Gasteiger charge is 2.44. The van der Waals surface area contributed by atoms with E-state index in [9.17, 15) is 9.59 Å². The fourth-order valence-corrected chi connectivity index (χ4v) is 5.36. The number of likely N-dealkylation sites (tertiary alicyclic amines) is 1. The number of nitrogens with zero attached hydrogens (tertiary/aromatic N) is 3. The number of urea groups is 1. The first-order chi connectivity index (χ1) is 12.9. The van der Waals surface area contributed by atoms with Crippen molar-refractivity contribution in [2.45, 2.75) is 51.5 Å². The predicted molar refractivity (Wildman–Crippen MR) is 107 cm³/mol. The SMILES string of the molecule is Cc1nc(NC(=O)N2CCC[C@@]2(C)C(N)=O)sc1-c1csc(CC2CC2)n1. The summed E-state index contributed by atoms with van der Waals surface area (Å²) in [6, 6.07) is -0.332. The number of rotatable bonds is 5. The molecule has 1 saturated carbocycles. The van der Waals surface area contributed by atoms with E-state index < -0.39 is 11.4 Å². The Morgan fingerprint density at radius 2 is 2.19 bits per heavy atom. The van der Waals surface area contributed by atoms with Gasteiger partial charge in [0.1, 0.15) is 5.54 Å². The van der Waals surface area contributed by atoms with E-state index in [0.29, 0.717) is 18.1 Å². The Labute approximate surface area is 166 Å². The van der Waals surface area contributed by atoms with Gasteiger partial charge in [-0.3, -0.25) is 10.1 Å². The lowest BCUT2D eigenvalue weighted by atomic mass is 9.98. The fourth-order valence-electron chi connectivity index (χ4n) is 3.47. The molecule has 3 heterocycles. The van der Waals surface area contributed by atoms with Crippen molar-refractivity contribution in [2.24, 2.45) is 11.7 Å². The summed E-state index contributed by atoms with van der Waals surface area (Å²) in [5.41, 5.74) is 6.35.